The molecule has 0 saturated heterocycles. The number of benzene rings is 1. The summed E-state index contributed by atoms with van der Waals surface area (Å²) in [6, 6.07) is 7.84. The van der Waals surface area contributed by atoms with Crippen LogP contribution in [0.5, 0.6) is 5.75 Å². The first kappa shape index (κ1) is 10.7. The van der Waals surface area contributed by atoms with Gasteiger partial charge in [0.1, 0.15) is 5.75 Å². The third-order valence-electron chi connectivity index (χ3n) is 2.81. The lowest BCUT2D eigenvalue weighted by atomic mass is 10.1. The molecule has 1 aliphatic carbocycles. The highest BCUT2D eigenvalue weighted by atomic mass is 32.1. The maximum absolute atomic E-state index is 6.16. The quantitative estimate of drug-likeness (QED) is 0.902. The monoisotopic (exact) mass is 246 g/mol. The van der Waals surface area contributed by atoms with Crippen molar-refractivity contribution < 1.29 is 4.74 Å². The fraction of sp³-hybridized carbons (Fsp3) is 0.308. The van der Waals surface area contributed by atoms with Crippen molar-refractivity contribution in [2.75, 3.05) is 0 Å². The number of ether oxygens (including phenoxy) is 1. The van der Waals surface area contributed by atoms with E-state index < -0.39 is 0 Å². The molecule has 1 saturated carbocycles. The Morgan fingerprint density at radius 1 is 1.41 bits per heavy atom. The maximum Gasteiger partial charge on any atom is 0.120 e. The number of thiazole rings is 1. The van der Waals surface area contributed by atoms with Crippen LogP contribution < -0.4 is 10.5 Å². The Morgan fingerprint density at radius 2 is 2.29 bits per heavy atom. The minimum absolute atomic E-state index is 0.163. The lowest BCUT2D eigenvalue weighted by molar-refractivity contribution is 0.303. The molecule has 1 atom stereocenters. The molecule has 2 aromatic rings. The van der Waals surface area contributed by atoms with Gasteiger partial charge in [-0.25, -0.2) is 4.98 Å². The van der Waals surface area contributed by atoms with E-state index in [1.165, 1.54) is 12.8 Å². The number of nitrogens with zero attached hydrogens (tertiary/aromatic N) is 1. The van der Waals surface area contributed by atoms with Gasteiger partial charge in [-0.3, -0.25) is 0 Å². The number of nitrogens with two attached hydrogens (primary N) is 1. The lowest BCUT2D eigenvalue weighted by Crippen LogP contribution is -2.12. The Hall–Kier alpha value is -1.39. The van der Waals surface area contributed by atoms with E-state index in [0.717, 1.165) is 17.0 Å². The molecular weight excluding hydrogens is 232 g/mol. The molecule has 1 fully saturated rings. The van der Waals surface area contributed by atoms with Gasteiger partial charge in [0, 0.05) is 5.38 Å². The Labute approximate surface area is 104 Å². The minimum atomic E-state index is -0.163. The van der Waals surface area contributed by atoms with Gasteiger partial charge < -0.3 is 10.5 Å². The molecule has 17 heavy (non-hydrogen) atoms. The van der Waals surface area contributed by atoms with Crippen molar-refractivity contribution in [1.29, 1.82) is 0 Å². The zero-order valence-corrected chi connectivity index (χ0v) is 10.2. The van der Waals surface area contributed by atoms with E-state index in [4.69, 9.17) is 10.5 Å². The molecule has 0 aliphatic heterocycles. The summed E-state index contributed by atoms with van der Waals surface area (Å²) in [5, 5.41) is 1.99. The molecule has 1 heterocycles. The van der Waals surface area contributed by atoms with E-state index >= 15 is 0 Å². The number of rotatable bonds is 4. The van der Waals surface area contributed by atoms with E-state index in [1.54, 1.807) is 16.8 Å². The average molecular weight is 246 g/mol. The molecule has 0 radical (unpaired) electrons. The smallest absolute Gasteiger partial charge is 0.120 e. The molecule has 1 aromatic carbocycles. The molecule has 0 bridgehead atoms. The zero-order chi connectivity index (χ0) is 11.7. The summed E-state index contributed by atoms with van der Waals surface area (Å²) in [5.41, 5.74) is 9.94. The summed E-state index contributed by atoms with van der Waals surface area (Å²) >= 11 is 1.57. The summed E-state index contributed by atoms with van der Waals surface area (Å²) < 4.78 is 5.76. The van der Waals surface area contributed by atoms with E-state index in [-0.39, 0.29) is 6.04 Å². The Balaban J connectivity index is 1.81. The largest absolute Gasteiger partial charge is 0.490 e. The molecule has 3 nitrogen and oxygen atoms in total. The molecule has 1 unspecified atom stereocenters. The zero-order valence-electron chi connectivity index (χ0n) is 9.37. The second-order valence-electron chi connectivity index (χ2n) is 4.28. The van der Waals surface area contributed by atoms with Crippen molar-refractivity contribution in [3.05, 3.63) is 46.4 Å². The molecule has 4 heteroatoms. The number of hydrogen-bond donors (Lipinski definition) is 1. The van der Waals surface area contributed by atoms with Gasteiger partial charge in [-0.15, -0.1) is 11.3 Å². The second kappa shape index (κ2) is 4.47. The SMILES string of the molecule is NC(c1cccc(OC2CC2)c1)c1cscn1. The van der Waals surface area contributed by atoms with Crippen LogP contribution in [-0.4, -0.2) is 11.1 Å². The first-order valence-corrected chi connectivity index (χ1v) is 6.67. The van der Waals surface area contributed by atoms with Gasteiger partial charge in [0.15, 0.2) is 0 Å². The molecule has 0 amide bonds. The molecule has 88 valence electrons. The third-order valence-corrected chi connectivity index (χ3v) is 3.42. The van der Waals surface area contributed by atoms with Crippen LogP contribution in [0, 0.1) is 0 Å². The molecule has 0 spiro atoms. The van der Waals surface area contributed by atoms with Crippen LogP contribution in [0.3, 0.4) is 0 Å². The third kappa shape index (κ3) is 2.48. The first-order chi connectivity index (χ1) is 8.33. The van der Waals surface area contributed by atoms with Gasteiger partial charge in [0.05, 0.1) is 23.4 Å². The van der Waals surface area contributed by atoms with E-state index in [2.05, 4.69) is 4.98 Å². The molecule has 2 N–H and O–H groups in total. The second-order valence-corrected chi connectivity index (χ2v) is 5.00. The van der Waals surface area contributed by atoms with Gasteiger partial charge in [0.25, 0.3) is 0 Å². The summed E-state index contributed by atoms with van der Waals surface area (Å²) in [4.78, 5) is 4.25. The van der Waals surface area contributed by atoms with Crippen molar-refractivity contribution in [2.45, 2.75) is 25.0 Å². The number of hydrogen-bond acceptors (Lipinski definition) is 4. The van der Waals surface area contributed by atoms with Crippen LogP contribution in [0.15, 0.2) is 35.2 Å². The molecule has 1 aromatic heterocycles. The summed E-state index contributed by atoms with van der Waals surface area (Å²) in [6.07, 6.45) is 2.76. The topological polar surface area (TPSA) is 48.1 Å². The van der Waals surface area contributed by atoms with Crippen molar-refractivity contribution >= 4 is 11.3 Å². The van der Waals surface area contributed by atoms with Crippen molar-refractivity contribution in [1.82, 2.24) is 4.98 Å². The molecule has 1 aliphatic rings. The number of aromatic nitrogens is 1. The standard InChI is InChI=1S/C13H14N2OS/c14-13(12-7-17-8-15-12)9-2-1-3-11(6-9)16-10-4-5-10/h1-3,6-8,10,13H,4-5,14H2. The summed E-state index contributed by atoms with van der Waals surface area (Å²) in [7, 11) is 0. The van der Waals surface area contributed by atoms with Gasteiger partial charge in [-0.2, -0.15) is 0 Å². The van der Waals surface area contributed by atoms with E-state index in [9.17, 15) is 0 Å². The summed E-state index contributed by atoms with van der Waals surface area (Å²) in [5.74, 6) is 0.913. The normalized spacial score (nSPS) is 16.8. The molecule has 3 rings (SSSR count). The van der Waals surface area contributed by atoms with Gasteiger partial charge in [-0.05, 0) is 30.5 Å². The highest BCUT2D eigenvalue weighted by Crippen LogP contribution is 2.29. The Kier molecular flexibility index (Phi) is 2.82. The lowest BCUT2D eigenvalue weighted by Gasteiger charge is -2.11. The fourth-order valence-corrected chi connectivity index (χ4v) is 2.30. The van der Waals surface area contributed by atoms with Crippen molar-refractivity contribution in [2.24, 2.45) is 5.73 Å². The van der Waals surface area contributed by atoms with E-state index in [1.807, 2.05) is 29.6 Å². The molecular formula is C13H14N2OS. The highest BCUT2D eigenvalue weighted by Gasteiger charge is 2.23. The Bertz CT molecular complexity index is 494. The highest BCUT2D eigenvalue weighted by molar-refractivity contribution is 7.07. The van der Waals surface area contributed by atoms with Crippen LogP contribution in [0.25, 0.3) is 0 Å². The van der Waals surface area contributed by atoms with Crippen LogP contribution in [0.2, 0.25) is 0 Å². The van der Waals surface area contributed by atoms with Gasteiger partial charge >= 0.3 is 0 Å². The van der Waals surface area contributed by atoms with Crippen LogP contribution in [-0.2, 0) is 0 Å². The van der Waals surface area contributed by atoms with Gasteiger partial charge in [0.2, 0.25) is 0 Å². The van der Waals surface area contributed by atoms with Gasteiger partial charge in [-0.1, -0.05) is 12.1 Å². The predicted molar refractivity (Wildman–Crippen MR) is 68.2 cm³/mol. The van der Waals surface area contributed by atoms with Crippen molar-refractivity contribution in [3.8, 4) is 5.75 Å². The maximum atomic E-state index is 6.16. The minimum Gasteiger partial charge on any atom is -0.490 e. The van der Waals surface area contributed by atoms with E-state index in [0.29, 0.717) is 6.10 Å². The van der Waals surface area contributed by atoms with Crippen LogP contribution >= 0.6 is 11.3 Å². The van der Waals surface area contributed by atoms with Crippen LogP contribution in [0.4, 0.5) is 0 Å². The average Bonchev–Trinajstić information content (AvgIpc) is 2.99. The van der Waals surface area contributed by atoms with Crippen molar-refractivity contribution in [3.63, 3.8) is 0 Å². The fourth-order valence-electron chi connectivity index (χ4n) is 1.71. The van der Waals surface area contributed by atoms with Crippen LogP contribution in [0.1, 0.15) is 30.1 Å². The first-order valence-electron chi connectivity index (χ1n) is 5.73. The Morgan fingerprint density at radius 3 is 3.00 bits per heavy atom. The summed E-state index contributed by atoms with van der Waals surface area (Å²) in [6.45, 7) is 0. The predicted octanol–water partition coefficient (Wildman–Crippen LogP) is 2.73.